The Labute approximate surface area is 190 Å². The minimum Gasteiger partial charge on any atom is -0.348 e. The average Bonchev–Trinajstić information content (AvgIpc) is 2.75. The van der Waals surface area contributed by atoms with Crippen LogP contribution in [0.1, 0.15) is 24.1 Å². The number of rotatable bonds is 8. The summed E-state index contributed by atoms with van der Waals surface area (Å²) in [5.74, 6) is -0.851. The highest BCUT2D eigenvalue weighted by Crippen LogP contribution is 2.20. The number of nitrogens with zero attached hydrogens (tertiary/aromatic N) is 1. The van der Waals surface area contributed by atoms with Crippen molar-refractivity contribution in [1.29, 1.82) is 0 Å². The first-order chi connectivity index (χ1) is 14.8. The number of carbonyl (C=O) groups excluding carboxylic acids is 1. The second-order valence-corrected chi connectivity index (χ2v) is 9.91. The molecule has 0 bridgehead atoms. The van der Waals surface area contributed by atoms with Gasteiger partial charge >= 0.3 is 0 Å². The lowest BCUT2D eigenvalue weighted by Gasteiger charge is -2.23. The van der Waals surface area contributed by atoms with Crippen LogP contribution in [0.4, 0.5) is 4.39 Å². The SMILES string of the molecule is C[C@H](NC(=O)CN(Cc1ccc(F)cc1)S(=O)(=O)c1ccccc1)c1cccc(Br)c1. The molecule has 0 aliphatic heterocycles. The summed E-state index contributed by atoms with van der Waals surface area (Å²) in [6.07, 6.45) is 0. The van der Waals surface area contributed by atoms with Gasteiger partial charge in [0.25, 0.3) is 0 Å². The lowest BCUT2D eigenvalue weighted by molar-refractivity contribution is -0.122. The maximum Gasteiger partial charge on any atom is 0.243 e. The highest BCUT2D eigenvalue weighted by molar-refractivity contribution is 9.10. The smallest absolute Gasteiger partial charge is 0.243 e. The lowest BCUT2D eigenvalue weighted by atomic mass is 10.1. The van der Waals surface area contributed by atoms with Gasteiger partial charge in [0.2, 0.25) is 15.9 Å². The number of carbonyl (C=O) groups is 1. The van der Waals surface area contributed by atoms with Gasteiger partial charge in [-0.05, 0) is 54.4 Å². The maximum absolute atomic E-state index is 13.3. The molecule has 0 aromatic heterocycles. The first kappa shape index (κ1) is 23.1. The Morgan fingerprint density at radius 1 is 1.03 bits per heavy atom. The fourth-order valence-electron chi connectivity index (χ4n) is 3.07. The zero-order valence-electron chi connectivity index (χ0n) is 16.8. The van der Waals surface area contributed by atoms with Crippen molar-refractivity contribution in [3.05, 3.63) is 100 Å². The zero-order chi connectivity index (χ0) is 22.4. The van der Waals surface area contributed by atoms with Crippen molar-refractivity contribution in [2.75, 3.05) is 6.54 Å². The second-order valence-electron chi connectivity index (χ2n) is 7.06. The predicted molar refractivity (Wildman–Crippen MR) is 121 cm³/mol. The summed E-state index contributed by atoms with van der Waals surface area (Å²) in [5, 5.41) is 2.85. The number of nitrogens with one attached hydrogen (secondary N) is 1. The number of halogens is 2. The van der Waals surface area contributed by atoms with E-state index in [1.165, 1.54) is 36.4 Å². The molecular formula is C23H22BrFN2O3S. The number of amides is 1. The van der Waals surface area contributed by atoms with E-state index in [0.29, 0.717) is 5.56 Å². The van der Waals surface area contributed by atoms with Gasteiger partial charge < -0.3 is 5.32 Å². The van der Waals surface area contributed by atoms with Crippen molar-refractivity contribution in [3.8, 4) is 0 Å². The van der Waals surface area contributed by atoms with Crippen molar-refractivity contribution in [2.45, 2.75) is 24.4 Å². The highest BCUT2D eigenvalue weighted by Gasteiger charge is 2.27. The van der Waals surface area contributed by atoms with Crippen LogP contribution >= 0.6 is 15.9 Å². The standard InChI is InChI=1S/C23H22BrFN2O3S/c1-17(19-6-5-7-20(24)14-19)26-23(28)16-27(15-18-10-12-21(25)13-11-18)31(29,30)22-8-3-2-4-9-22/h2-14,17H,15-16H2,1H3,(H,26,28)/t17-/m0/s1. The third-order valence-corrected chi connectivity index (χ3v) is 7.00. The first-order valence-corrected chi connectivity index (χ1v) is 11.8. The fourth-order valence-corrected chi connectivity index (χ4v) is 4.89. The van der Waals surface area contributed by atoms with Crippen LogP contribution in [0.5, 0.6) is 0 Å². The van der Waals surface area contributed by atoms with E-state index in [1.807, 2.05) is 31.2 Å². The summed E-state index contributed by atoms with van der Waals surface area (Å²) in [6.45, 7) is 1.40. The topological polar surface area (TPSA) is 66.5 Å². The van der Waals surface area contributed by atoms with Crippen LogP contribution in [0.3, 0.4) is 0 Å². The predicted octanol–water partition coefficient (Wildman–Crippen LogP) is 4.66. The van der Waals surface area contributed by atoms with Gasteiger partial charge in [-0.3, -0.25) is 4.79 Å². The minimum atomic E-state index is -3.94. The van der Waals surface area contributed by atoms with Gasteiger partial charge in [0.15, 0.2) is 0 Å². The molecule has 0 radical (unpaired) electrons. The third-order valence-electron chi connectivity index (χ3n) is 4.70. The normalized spacial score (nSPS) is 12.5. The van der Waals surface area contributed by atoms with Crippen molar-refractivity contribution in [1.82, 2.24) is 9.62 Å². The molecule has 3 rings (SSSR count). The zero-order valence-corrected chi connectivity index (χ0v) is 19.2. The van der Waals surface area contributed by atoms with E-state index >= 15 is 0 Å². The maximum atomic E-state index is 13.3. The molecule has 1 atom stereocenters. The molecule has 162 valence electrons. The minimum absolute atomic E-state index is 0.0593. The summed E-state index contributed by atoms with van der Waals surface area (Å²) < 4.78 is 41.7. The number of sulfonamides is 1. The molecule has 0 unspecified atom stereocenters. The summed E-state index contributed by atoms with van der Waals surface area (Å²) in [5.41, 5.74) is 1.47. The summed E-state index contributed by atoms with van der Waals surface area (Å²) in [7, 11) is -3.94. The Morgan fingerprint density at radius 2 is 1.71 bits per heavy atom. The van der Waals surface area contributed by atoms with Crippen molar-refractivity contribution in [3.63, 3.8) is 0 Å². The number of hydrogen-bond acceptors (Lipinski definition) is 3. The van der Waals surface area contributed by atoms with Crippen LogP contribution in [0, 0.1) is 5.82 Å². The Bertz CT molecular complexity index is 1140. The molecule has 1 amide bonds. The second kappa shape index (κ2) is 10.2. The fraction of sp³-hybridized carbons (Fsp3) is 0.174. The van der Waals surface area contributed by atoms with Crippen molar-refractivity contribution >= 4 is 31.9 Å². The summed E-state index contributed by atoms with van der Waals surface area (Å²) in [6, 6.07) is 20.7. The largest absolute Gasteiger partial charge is 0.348 e. The van der Waals surface area contributed by atoms with Gasteiger partial charge in [-0.2, -0.15) is 4.31 Å². The molecule has 31 heavy (non-hydrogen) atoms. The average molecular weight is 505 g/mol. The molecule has 1 N–H and O–H groups in total. The molecule has 0 aliphatic carbocycles. The van der Waals surface area contributed by atoms with Gasteiger partial charge in [-0.15, -0.1) is 0 Å². The summed E-state index contributed by atoms with van der Waals surface area (Å²) in [4.78, 5) is 12.8. The van der Waals surface area contributed by atoms with E-state index in [2.05, 4.69) is 21.2 Å². The summed E-state index contributed by atoms with van der Waals surface area (Å²) >= 11 is 3.40. The Morgan fingerprint density at radius 3 is 2.35 bits per heavy atom. The Balaban J connectivity index is 1.82. The lowest BCUT2D eigenvalue weighted by Crippen LogP contribution is -2.41. The highest BCUT2D eigenvalue weighted by atomic mass is 79.9. The van der Waals surface area contributed by atoms with E-state index in [4.69, 9.17) is 0 Å². The Kier molecular flexibility index (Phi) is 7.59. The molecule has 0 spiro atoms. The van der Waals surface area contributed by atoms with Crippen LogP contribution in [-0.4, -0.2) is 25.2 Å². The molecule has 0 fully saturated rings. The molecule has 0 heterocycles. The van der Waals surface area contributed by atoms with Crippen molar-refractivity contribution in [2.24, 2.45) is 0 Å². The molecule has 0 saturated heterocycles. The van der Waals surface area contributed by atoms with Crippen LogP contribution in [-0.2, 0) is 21.4 Å². The van der Waals surface area contributed by atoms with Crippen LogP contribution in [0.15, 0.2) is 88.2 Å². The molecule has 0 saturated carbocycles. The van der Waals surface area contributed by atoms with E-state index in [9.17, 15) is 17.6 Å². The van der Waals surface area contributed by atoms with Gasteiger partial charge in [-0.25, -0.2) is 12.8 Å². The molecule has 3 aromatic rings. The molecule has 0 aliphatic rings. The van der Waals surface area contributed by atoms with Gasteiger partial charge in [-0.1, -0.05) is 58.4 Å². The third kappa shape index (κ3) is 6.22. The van der Waals surface area contributed by atoms with E-state index in [0.717, 1.165) is 14.3 Å². The van der Waals surface area contributed by atoms with E-state index < -0.39 is 21.7 Å². The van der Waals surface area contributed by atoms with Crippen LogP contribution in [0.2, 0.25) is 0 Å². The van der Waals surface area contributed by atoms with Gasteiger partial charge in [0.05, 0.1) is 17.5 Å². The molecule has 8 heteroatoms. The Hall–Kier alpha value is -2.55. The van der Waals surface area contributed by atoms with Crippen LogP contribution in [0.25, 0.3) is 0 Å². The van der Waals surface area contributed by atoms with Crippen LogP contribution < -0.4 is 5.32 Å². The van der Waals surface area contributed by atoms with E-state index in [1.54, 1.807) is 18.2 Å². The number of benzene rings is 3. The van der Waals surface area contributed by atoms with Crippen molar-refractivity contribution < 1.29 is 17.6 Å². The van der Waals surface area contributed by atoms with E-state index in [-0.39, 0.29) is 24.0 Å². The molecular weight excluding hydrogens is 483 g/mol. The van der Waals surface area contributed by atoms with Gasteiger partial charge in [0, 0.05) is 11.0 Å². The van der Waals surface area contributed by atoms with Gasteiger partial charge in [0.1, 0.15) is 5.82 Å². The molecule has 3 aromatic carbocycles. The quantitative estimate of drug-likeness (QED) is 0.485. The monoisotopic (exact) mass is 504 g/mol. The number of hydrogen-bond donors (Lipinski definition) is 1. The molecule has 5 nitrogen and oxygen atoms in total. The first-order valence-electron chi connectivity index (χ1n) is 9.60.